The van der Waals surface area contributed by atoms with Gasteiger partial charge in [0.15, 0.2) is 6.23 Å². The van der Waals surface area contributed by atoms with Crippen LogP contribution in [-0.2, 0) is 11.3 Å². The second kappa shape index (κ2) is 14.6. The number of hydrogen-bond donors (Lipinski definition) is 6. The standard InChI is InChI=1S/C32H40N4O7/c33-13-6-16-41-23-8-5-7-22(18-23)24-12-11-21(17-27(24)42-15-4-3-14-37)19-34-32-35-25-9-1-2-10-26(25)36(32)31-30(40)29(39)28(20-38)43-31/h1-2,5,7-12,17-18,28-31,37-40H,3-4,6,13-16,19-20,33H2,(H,34,35)/t28-,29-,30-,31-/m1/s1. The van der Waals surface area contributed by atoms with Crippen molar-refractivity contribution in [2.75, 3.05) is 38.3 Å². The Kier molecular flexibility index (Phi) is 10.5. The van der Waals surface area contributed by atoms with Crippen LogP contribution in [0.1, 0.15) is 31.1 Å². The highest BCUT2D eigenvalue weighted by molar-refractivity contribution is 5.79. The SMILES string of the molecule is NCCCOc1cccc(-c2ccc(CNc3nc4ccccc4n3[C@@H]3O[C@H](CO)[C@@H](O)[C@H]3O)cc2OCCCCO)c1. The van der Waals surface area contributed by atoms with Gasteiger partial charge in [0.2, 0.25) is 5.95 Å². The zero-order valence-electron chi connectivity index (χ0n) is 24.0. The van der Waals surface area contributed by atoms with E-state index in [1.165, 1.54) is 0 Å². The van der Waals surface area contributed by atoms with Crippen LogP contribution < -0.4 is 20.5 Å². The Morgan fingerprint density at radius 2 is 1.74 bits per heavy atom. The third-order valence-electron chi connectivity index (χ3n) is 7.44. The van der Waals surface area contributed by atoms with Crippen LogP contribution in [-0.4, -0.2) is 81.3 Å². The highest BCUT2D eigenvalue weighted by atomic mass is 16.6. The third kappa shape index (κ3) is 7.10. The molecule has 11 nitrogen and oxygen atoms in total. The van der Waals surface area contributed by atoms with Crippen LogP contribution in [0.5, 0.6) is 11.5 Å². The lowest BCUT2D eigenvalue weighted by Crippen LogP contribution is -2.33. The smallest absolute Gasteiger partial charge is 0.206 e. The zero-order chi connectivity index (χ0) is 30.2. The predicted molar refractivity (Wildman–Crippen MR) is 163 cm³/mol. The Morgan fingerprint density at radius 3 is 2.53 bits per heavy atom. The van der Waals surface area contributed by atoms with Gasteiger partial charge in [-0.05, 0) is 67.3 Å². The lowest BCUT2D eigenvalue weighted by Gasteiger charge is -2.20. The largest absolute Gasteiger partial charge is 0.494 e. The summed E-state index contributed by atoms with van der Waals surface area (Å²) in [4.78, 5) is 4.72. The summed E-state index contributed by atoms with van der Waals surface area (Å²) in [5.41, 5.74) is 9.81. The number of nitrogens with two attached hydrogens (primary N) is 1. The molecule has 11 heteroatoms. The van der Waals surface area contributed by atoms with Crippen LogP contribution in [0.3, 0.4) is 0 Å². The van der Waals surface area contributed by atoms with Crippen molar-refractivity contribution in [3.63, 3.8) is 0 Å². The normalized spacial score (nSPS) is 20.0. The first-order valence-electron chi connectivity index (χ1n) is 14.7. The molecule has 1 fully saturated rings. The molecule has 1 saturated heterocycles. The molecule has 1 aliphatic heterocycles. The molecule has 0 bridgehead atoms. The highest BCUT2D eigenvalue weighted by Crippen LogP contribution is 2.36. The summed E-state index contributed by atoms with van der Waals surface area (Å²) in [7, 11) is 0. The van der Waals surface area contributed by atoms with Gasteiger partial charge in [0.1, 0.15) is 29.8 Å². The number of nitrogens with zero attached hydrogens (tertiary/aromatic N) is 2. The molecule has 3 aromatic carbocycles. The van der Waals surface area contributed by atoms with E-state index in [-0.39, 0.29) is 6.61 Å². The quantitative estimate of drug-likeness (QED) is 0.113. The summed E-state index contributed by atoms with van der Waals surface area (Å²) < 4.78 is 19.6. The second-order valence-electron chi connectivity index (χ2n) is 10.5. The van der Waals surface area contributed by atoms with E-state index in [1.807, 2.05) is 66.7 Å². The van der Waals surface area contributed by atoms with Gasteiger partial charge < -0.3 is 45.7 Å². The Balaban J connectivity index is 1.41. The molecule has 5 rings (SSSR count). The lowest BCUT2D eigenvalue weighted by atomic mass is 10.0. The molecule has 1 aromatic heterocycles. The van der Waals surface area contributed by atoms with E-state index in [9.17, 15) is 20.4 Å². The molecule has 0 radical (unpaired) electrons. The number of aromatic nitrogens is 2. The fourth-order valence-corrected chi connectivity index (χ4v) is 5.16. The zero-order valence-corrected chi connectivity index (χ0v) is 24.0. The van der Waals surface area contributed by atoms with Gasteiger partial charge in [0, 0.05) is 18.7 Å². The van der Waals surface area contributed by atoms with Gasteiger partial charge in [-0.2, -0.15) is 0 Å². The van der Waals surface area contributed by atoms with Crippen LogP contribution in [0.4, 0.5) is 5.95 Å². The number of imidazole rings is 1. The van der Waals surface area contributed by atoms with Crippen LogP contribution in [0.2, 0.25) is 0 Å². The van der Waals surface area contributed by atoms with E-state index in [0.29, 0.717) is 49.9 Å². The molecule has 4 atom stereocenters. The number of aliphatic hydroxyl groups is 4. The molecule has 7 N–H and O–H groups in total. The van der Waals surface area contributed by atoms with E-state index in [0.717, 1.165) is 40.8 Å². The maximum absolute atomic E-state index is 10.8. The maximum atomic E-state index is 10.8. The monoisotopic (exact) mass is 592 g/mol. The number of fused-ring (bicyclic) bond motifs is 1. The molecule has 2 heterocycles. The lowest BCUT2D eigenvalue weighted by molar-refractivity contribution is -0.0499. The number of unbranched alkanes of at least 4 members (excludes halogenated alkanes) is 1. The first-order chi connectivity index (χ1) is 21.0. The number of hydrogen-bond acceptors (Lipinski definition) is 10. The van der Waals surface area contributed by atoms with E-state index >= 15 is 0 Å². The summed E-state index contributed by atoms with van der Waals surface area (Å²) >= 11 is 0. The third-order valence-corrected chi connectivity index (χ3v) is 7.44. The minimum atomic E-state index is -1.25. The van der Waals surface area contributed by atoms with Crippen molar-refractivity contribution in [2.45, 2.75) is 50.3 Å². The van der Waals surface area contributed by atoms with E-state index in [2.05, 4.69) is 5.32 Å². The molecule has 4 aromatic rings. The van der Waals surface area contributed by atoms with Gasteiger partial charge in [0.25, 0.3) is 0 Å². The number of aliphatic hydroxyl groups excluding tert-OH is 4. The van der Waals surface area contributed by atoms with Gasteiger partial charge >= 0.3 is 0 Å². The van der Waals surface area contributed by atoms with Crippen LogP contribution in [0.15, 0.2) is 66.7 Å². The van der Waals surface area contributed by atoms with Crippen molar-refractivity contribution in [1.29, 1.82) is 0 Å². The highest BCUT2D eigenvalue weighted by Gasteiger charge is 2.44. The van der Waals surface area contributed by atoms with E-state index in [4.69, 9.17) is 24.9 Å². The van der Waals surface area contributed by atoms with Gasteiger partial charge in [-0.15, -0.1) is 0 Å². The summed E-state index contributed by atoms with van der Waals surface area (Å²) in [5.74, 6) is 1.91. The summed E-state index contributed by atoms with van der Waals surface area (Å²) in [6.07, 6.45) is -2.18. The van der Waals surface area contributed by atoms with Crippen molar-refractivity contribution >= 4 is 17.0 Å². The molecule has 230 valence electrons. The van der Waals surface area contributed by atoms with Crippen molar-refractivity contribution in [3.8, 4) is 22.6 Å². The molecule has 0 amide bonds. The van der Waals surface area contributed by atoms with Crippen molar-refractivity contribution in [2.24, 2.45) is 5.73 Å². The molecule has 1 aliphatic rings. The van der Waals surface area contributed by atoms with Crippen molar-refractivity contribution < 1.29 is 34.6 Å². The number of nitrogens with one attached hydrogen (secondary N) is 1. The molecule has 43 heavy (non-hydrogen) atoms. The average molecular weight is 593 g/mol. The number of benzene rings is 3. The maximum Gasteiger partial charge on any atom is 0.206 e. The summed E-state index contributed by atoms with van der Waals surface area (Å²) in [6.45, 7) is 1.64. The predicted octanol–water partition coefficient (Wildman–Crippen LogP) is 2.81. The van der Waals surface area contributed by atoms with Crippen molar-refractivity contribution in [1.82, 2.24) is 9.55 Å². The van der Waals surface area contributed by atoms with E-state index in [1.54, 1.807) is 4.57 Å². The number of rotatable bonds is 15. The fraction of sp³-hybridized carbons (Fsp3) is 0.406. The minimum absolute atomic E-state index is 0.110. The minimum Gasteiger partial charge on any atom is -0.494 e. The van der Waals surface area contributed by atoms with Gasteiger partial charge in [0.05, 0.1) is 30.9 Å². The molecule has 0 unspecified atom stereocenters. The summed E-state index contributed by atoms with van der Waals surface area (Å²) in [5, 5.41) is 43.3. The second-order valence-corrected chi connectivity index (χ2v) is 10.5. The first kappa shape index (κ1) is 30.7. The molecular weight excluding hydrogens is 552 g/mol. The summed E-state index contributed by atoms with van der Waals surface area (Å²) in [6, 6.07) is 21.3. The number of para-hydroxylation sites is 2. The Morgan fingerprint density at radius 1 is 0.907 bits per heavy atom. The topological polar surface area (TPSA) is 164 Å². The Bertz CT molecular complexity index is 1480. The Hall–Kier alpha value is -3.71. The van der Waals surface area contributed by atoms with Gasteiger partial charge in [-0.3, -0.25) is 4.57 Å². The number of ether oxygens (including phenoxy) is 3. The van der Waals surface area contributed by atoms with Gasteiger partial charge in [-0.1, -0.05) is 36.4 Å². The molecule has 0 spiro atoms. The van der Waals surface area contributed by atoms with Crippen molar-refractivity contribution in [3.05, 3.63) is 72.3 Å². The average Bonchev–Trinajstić information content (AvgIpc) is 3.54. The van der Waals surface area contributed by atoms with Crippen LogP contribution >= 0.6 is 0 Å². The van der Waals surface area contributed by atoms with Crippen LogP contribution in [0.25, 0.3) is 22.2 Å². The molecule has 0 aliphatic carbocycles. The van der Waals surface area contributed by atoms with Crippen LogP contribution in [0, 0.1) is 0 Å². The number of anilines is 1. The fourth-order valence-electron chi connectivity index (χ4n) is 5.16. The molecule has 0 saturated carbocycles. The Labute approximate surface area is 250 Å². The van der Waals surface area contributed by atoms with E-state index < -0.39 is 31.1 Å². The first-order valence-corrected chi connectivity index (χ1v) is 14.7. The van der Waals surface area contributed by atoms with Gasteiger partial charge in [-0.25, -0.2) is 4.98 Å². The molecular formula is C32H40N4O7.